The maximum Gasteiger partial charge on any atom is 0.335 e. The molecular weight excluding hydrogens is 392 g/mol. The number of aliphatic carboxylic acids is 1. The van der Waals surface area contributed by atoms with Crippen molar-refractivity contribution in [3.63, 3.8) is 0 Å². The van der Waals surface area contributed by atoms with Crippen LogP contribution in [0, 0.1) is 19.3 Å². The van der Waals surface area contributed by atoms with Gasteiger partial charge in [-0.05, 0) is 88.4 Å². The van der Waals surface area contributed by atoms with Crippen LogP contribution in [0.3, 0.4) is 0 Å². The van der Waals surface area contributed by atoms with Crippen LogP contribution < -0.4 is 4.74 Å². The number of allylic oxidation sites excluding steroid dienone is 1. The average molecular weight is 427 g/mol. The molecule has 0 radical (unpaired) electrons. The number of carbonyl (C=O) groups is 2. The van der Waals surface area contributed by atoms with Crippen molar-refractivity contribution in [3.8, 4) is 5.75 Å². The smallest absolute Gasteiger partial charge is 0.335 e. The monoisotopic (exact) mass is 426 g/mol. The van der Waals surface area contributed by atoms with Gasteiger partial charge in [0.2, 0.25) is 0 Å². The first kappa shape index (κ1) is 24.6. The lowest BCUT2D eigenvalue weighted by Gasteiger charge is -2.41. The van der Waals surface area contributed by atoms with Crippen molar-refractivity contribution in [3.05, 3.63) is 63.3 Å². The standard InChI is InChI=1S/C26H34O5/c1-9-12-31-23-15(2)13-20(14-16(23)3)21(27)10-11-26(7)19(6)17(4)22(25(28)29)18(5)24(26)30-8/h10-11,13-14,24H,9,12H2,1-8H3,(H,28,29). The Hall–Kier alpha value is -2.66. The van der Waals surface area contributed by atoms with Crippen LogP contribution in [0.15, 0.2) is 46.6 Å². The summed E-state index contributed by atoms with van der Waals surface area (Å²) in [5, 5.41) is 9.65. The van der Waals surface area contributed by atoms with Gasteiger partial charge in [0.15, 0.2) is 5.78 Å². The predicted octanol–water partition coefficient (Wildman–Crippen LogP) is 5.60. The number of hydrogen-bond donors (Lipinski definition) is 1. The molecule has 1 N–H and O–H groups in total. The van der Waals surface area contributed by atoms with E-state index < -0.39 is 17.5 Å². The van der Waals surface area contributed by atoms with E-state index in [0.29, 0.717) is 23.3 Å². The predicted molar refractivity (Wildman–Crippen MR) is 123 cm³/mol. The Kier molecular flexibility index (Phi) is 7.66. The van der Waals surface area contributed by atoms with Crippen LogP contribution in [0.1, 0.15) is 62.5 Å². The van der Waals surface area contributed by atoms with Crippen LogP contribution in [0.4, 0.5) is 0 Å². The maximum absolute atomic E-state index is 13.0. The van der Waals surface area contributed by atoms with Gasteiger partial charge in [-0.1, -0.05) is 18.6 Å². The fraction of sp³-hybridized carbons (Fsp3) is 0.462. The van der Waals surface area contributed by atoms with Gasteiger partial charge >= 0.3 is 5.97 Å². The first-order valence-corrected chi connectivity index (χ1v) is 10.6. The molecule has 2 atom stereocenters. The summed E-state index contributed by atoms with van der Waals surface area (Å²) in [7, 11) is 1.57. The highest BCUT2D eigenvalue weighted by Crippen LogP contribution is 2.45. The molecule has 0 bridgehead atoms. The minimum absolute atomic E-state index is 0.111. The largest absolute Gasteiger partial charge is 0.493 e. The van der Waals surface area contributed by atoms with Crippen LogP contribution in [0.25, 0.3) is 0 Å². The Morgan fingerprint density at radius 3 is 2.19 bits per heavy atom. The quantitative estimate of drug-likeness (QED) is 0.432. The number of carboxylic acid groups (broad SMARTS) is 1. The Labute approximate surface area is 185 Å². The topological polar surface area (TPSA) is 72.8 Å². The third-order valence-corrected chi connectivity index (χ3v) is 6.30. The highest BCUT2D eigenvalue weighted by atomic mass is 16.5. The van der Waals surface area contributed by atoms with Crippen LogP contribution >= 0.6 is 0 Å². The summed E-state index contributed by atoms with van der Waals surface area (Å²) >= 11 is 0. The zero-order chi connectivity index (χ0) is 23.5. The number of carbonyl (C=O) groups excluding carboxylic acids is 1. The molecule has 168 valence electrons. The number of ether oxygens (including phenoxy) is 2. The van der Waals surface area contributed by atoms with Gasteiger partial charge in [0, 0.05) is 18.1 Å². The summed E-state index contributed by atoms with van der Waals surface area (Å²) in [6.45, 7) is 14.1. The van der Waals surface area contributed by atoms with Gasteiger partial charge in [-0.3, -0.25) is 4.79 Å². The number of aryl methyl sites for hydroxylation is 2. The van der Waals surface area contributed by atoms with E-state index in [2.05, 4.69) is 6.92 Å². The lowest BCUT2D eigenvalue weighted by Crippen LogP contribution is -2.39. The highest BCUT2D eigenvalue weighted by molar-refractivity contribution is 6.05. The van der Waals surface area contributed by atoms with Crippen molar-refractivity contribution in [2.45, 2.75) is 61.0 Å². The molecule has 1 aromatic rings. The first-order chi connectivity index (χ1) is 14.5. The second-order valence-electron chi connectivity index (χ2n) is 8.50. The van der Waals surface area contributed by atoms with Crippen molar-refractivity contribution >= 4 is 11.8 Å². The van der Waals surface area contributed by atoms with Crippen molar-refractivity contribution < 1.29 is 24.2 Å². The molecule has 5 heteroatoms. The molecule has 1 aromatic carbocycles. The molecule has 0 saturated heterocycles. The van der Waals surface area contributed by atoms with E-state index in [1.807, 2.05) is 52.8 Å². The van der Waals surface area contributed by atoms with Gasteiger partial charge in [-0.2, -0.15) is 0 Å². The minimum Gasteiger partial charge on any atom is -0.493 e. The van der Waals surface area contributed by atoms with Gasteiger partial charge in [-0.25, -0.2) is 4.79 Å². The molecule has 0 saturated carbocycles. The van der Waals surface area contributed by atoms with Crippen molar-refractivity contribution in [1.82, 2.24) is 0 Å². The number of methoxy groups -OCH3 is 1. The first-order valence-electron chi connectivity index (χ1n) is 10.6. The summed E-state index contributed by atoms with van der Waals surface area (Å²) in [6.07, 6.45) is 3.87. The molecule has 5 nitrogen and oxygen atoms in total. The lowest BCUT2D eigenvalue weighted by atomic mass is 9.67. The maximum atomic E-state index is 13.0. The molecule has 1 aliphatic carbocycles. The number of rotatable bonds is 8. The third-order valence-electron chi connectivity index (χ3n) is 6.30. The molecule has 0 aromatic heterocycles. The summed E-state index contributed by atoms with van der Waals surface area (Å²) < 4.78 is 11.5. The van der Waals surface area contributed by atoms with Crippen molar-refractivity contribution in [2.24, 2.45) is 5.41 Å². The Morgan fingerprint density at radius 1 is 1.13 bits per heavy atom. The number of benzene rings is 1. The van der Waals surface area contributed by atoms with Gasteiger partial charge in [0.05, 0.1) is 18.3 Å². The van der Waals surface area contributed by atoms with E-state index in [9.17, 15) is 14.7 Å². The van der Waals surface area contributed by atoms with E-state index in [1.54, 1.807) is 20.1 Å². The SMILES string of the molecule is CCCOc1c(C)cc(C(=O)C=CC2(C)C(C)=C(C)C(C(=O)O)=C(C)C2OC)cc1C. The molecule has 2 rings (SSSR count). The van der Waals surface area contributed by atoms with E-state index >= 15 is 0 Å². The molecule has 2 unspecified atom stereocenters. The van der Waals surface area contributed by atoms with E-state index in [1.165, 1.54) is 0 Å². The second-order valence-corrected chi connectivity index (χ2v) is 8.50. The normalized spacial score (nSPS) is 21.7. The molecule has 31 heavy (non-hydrogen) atoms. The zero-order valence-electron chi connectivity index (χ0n) is 19.9. The summed E-state index contributed by atoms with van der Waals surface area (Å²) in [5.41, 5.74) is 4.36. The highest BCUT2D eigenvalue weighted by Gasteiger charge is 2.42. The Morgan fingerprint density at radius 2 is 1.71 bits per heavy atom. The van der Waals surface area contributed by atoms with Crippen LogP contribution in [0.5, 0.6) is 5.75 Å². The molecular formula is C26H34O5. The van der Waals surface area contributed by atoms with Gasteiger partial charge < -0.3 is 14.6 Å². The summed E-state index contributed by atoms with van der Waals surface area (Å²) in [4.78, 5) is 24.8. The fourth-order valence-corrected chi connectivity index (χ4v) is 4.50. The van der Waals surface area contributed by atoms with E-state index in [0.717, 1.165) is 28.9 Å². The third kappa shape index (κ3) is 4.67. The molecule has 0 spiro atoms. The Balaban J connectivity index is 2.42. The number of hydrogen-bond acceptors (Lipinski definition) is 4. The molecule has 0 aliphatic heterocycles. The zero-order valence-corrected chi connectivity index (χ0v) is 19.9. The van der Waals surface area contributed by atoms with Crippen LogP contribution in [0.2, 0.25) is 0 Å². The van der Waals surface area contributed by atoms with Crippen LogP contribution in [-0.2, 0) is 9.53 Å². The molecule has 0 fully saturated rings. The number of ketones is 1. The lowest BCUT2D eigenvalue weighted by molar-refractivity contribution is -0.132. The molecule has 1 aliphatic rings. The molecule has 0 amide bonds. The van der Waals surface area contributed by atoms with Crippen LogP contribution in [-0.4, -0.2) is 36.7 Å². The minimum atomic E-state index is -0.963. The average Bonchev–Trinajstić information content (AvgIpc) is 2.70. The van der Waals surface area contributed by atoms with Gasteiger partial charge in [-0.15, -0.1) is 0 Å². The van der Waals surface area contributed by atoms with E-state index in [-0.39, 0.29) is 11.4 Å². The second kappa shape index (κ2) is 9.65. The summed E-state index contributed by atoms with van der Waals surface area (Å²) in [5.74, 6) is -0.243. The van der Waals surface area contributed by atoms with Gasteiger partial charge in [0.25, 0.3) is 0 Å². The number of carboxylic acids is 1. The van der Waals surface area contributed by atoms with Gasteiger partial charge in [0.1, 0.15) is 5.75 Å². The fourth-order valence-electron chi connectivity index (χ4n) is 4.50. The Bertz CT molecular complexity index is 957. The molecule has 0 heterocycles. The van der Waals surface area contributed by atoms with E-state index in [4.69, 9.17) is 9.47 Å². The summed E-state index contributed by atoms with van der Waals surface area (Å²) in [6, 6.07) is 3.70. The van der Waals surface area contributed by atoms with Crippen molar-refractivity contribution in [2.75, 3.05) is 13.7 Å². The van der Waals surface area contributed by atoms with Crippen molar-refractivity contribution in [1.29, 1.82) is 0 Å².